The Morgan fingerprint density at radius 3 is 2.20 bits per heavy atom. The van der Waals surface area contributed by atoms with Crippen molar-refractivity contribution in [1.82, 2.24) is 19.8 Å². The van der Waals surface area contributed by atoms with Crippen molar-refractivity contribution in [3.8, 4) is 5.75 Å². The fourth-order valence-electron chi connectivity index (χ4n) is 4.10. The number of rotatable bonds is 5. The number of hydrogen-bond donors (Lipinski definition) is 0. The minimum absolute atomic E-state index is 0.103. The molecule has 7 nitrogen and oxygen atoms in total. The number of carbonyl (C=O) groups excluding carboxylic acids is 2. The first-order valence-corrected chi connectivity index (χ1v) is 11.3. The van der Waals surface area contributed by atoms with Crippen molar-refractivity contribution in [3.63, 3.8) is 0 Å². The summed E-state index contributed by atoms with van der Waals surface area (Å²) in [6.07, 6.45) is 2.94. The van der Waals surface area contributed by atoms with Crippen molar-refractivity contribution in [2.75, 3.05) is 26.2 Å². The number of halogens is 1. The average Bonchev–Trinajstić information content (AvgIpc) is 2.91. The molecule has 0 aliphatic carbocycles. The van der Waals surface area contributed by atoms with Gasteiger partial charge in [-0.3, -0.25) is 19.6 Å². The number of nitrogens with zero attached hydrogens (tertiary/aromatic N) is 4. The van der Waals surface area contributed by atoms with Crippen molar-refractivity contribution in [1.29, 1.82) is 0 Å². The molecule has 0 N–H and O–H groups in total. The van der Waals surface area contributed by atoms with Gasteiger partial charge in [0.1, 0.15) is 23.7 Å². The van der Waals surface area contributed by atoms with Crippen molar-refractivity contribution >= 4 is 22.8 Å². The fourth-order valence-corrected chi connectivity index (χ4v) is 4.10. The van der Waals surface area contributed by atoms with Gasteiger partial charge in [0.15, 0.2) is 0 Å². The minimum atomic E-state index is -0.536. The zero-order chi connectivity index (χ0) is 24.2. The molecule has 1 aliphatic rings. The van der Waals surface area contributed by atoms with Gasteiger partial charge in [-0.2, -0.15) is 0 Å². The third-order valence-corrected chi connectivity index (χ3v) is 5.97. The summed E-state index contributed by atoms with van der Waals surface area (Å²) in [7, 11) is 0. The Balaban J connectivity index is 1.20. The molecular weight excluding hydrogens is 447 g/mol. The van der Waals surface area contributed by atoms with Crippen LogP contribution < -0.4 is 4.74 Å². The molecule has 1 saturated heterocycles. The second-order valence-corrected chi connectivity index (χ2v) is 8.26. The monoisotopic (exact) mass is 470 g/mol. The average molecular weight is 471 g/mol. The van der Waals surface area contributed by atoms with Crippen LogP contribution in [0, 0.1) is 5.82 Å². The smallest absolute Gasteiger partial charge is 0.256 e. The highest BCUT2D eigenvalue weighted by Crippen LogP contribution is 2.20. The molecule has 0 spiro atoms. The lowest BCUT2D eigenvalue weighted by Crippen LogP contribution is -2.50. The van der Waals surface area contributed by atoms with Gasteiger partial charge in [-0.15, -0.1) is 0 Å². The summed E-state index contributed by atoms with van der Waals surface area (Å²) in [6, 6.07) is 19.4. The number of amides is 2. The molecule has 2 amide bonds. The highest BCUT2D eigenvalue weighted by Gasteiger charge is 2.27. The Kier molecular flexibility index (Phi) is 6.34. The van der Waals surface area contributed by atoms with Gasteiger partial charge in [-0.05, 0) is 35.9 Å². The Bertz CT molecular complexity index is 1350. The van der Waals surface area contributed by atoms with Gasteiger partial charge in [0.2, 0.25) is 0 Å². The molecule has 1 aromatic heterocycles. The summed E-state index contributed by atoms with van der Waals surface area (Å²) in [5.74, 6) is -0.270. The van der Waals surface area contributed by atoms with Gasteiger partial charge in [0.05, 0.1) is 11.1 Å². The fraction of sp³-hybridized carbons (Fsp3) is 0.185. The van der Waals surface area contributed by atoms with Crippen LogP contribution in [0.5, 0.6) is 5.75 Å². The molecular formula is C27H23FN4O3. The number of fused-ring (bicyclic) bond motifs is 1. The number of benzene rings is 3. The first-order valence-electron chi connectivity index (χ1n) is 11.3. The molecule has 0 unspecified atom stereocenters. The minimum Gasteiger partial charge on any atom is -0.489 e. The number of aromatic nitrogens is 2. The molecule has 1 fully saturated rings. The third kappa shape index (κ3) is 4.96. The predicted octanol–water partition coefficient (Wildman–Crippen LogP) is 3.95. The predicted molar refractivity (Wildman–Crippen MR) is 129 cm³/mol. The van der Waals surface area contributed by atoms with Crippen LogP contribution in [0.4, 0.5) is 4.39 Å². The van der Waals surface area contributed by atoms with Crippen LogP contribution in [0.2, 0.25) is 0 Å². The summed E-state index contributed by atoms with van der Waals surface area (Å²) in [4.78, 5) is 37.7. The van der Waals surface area contributed by atoms with Crippen molar-refractivity contribution in [3.05, 3.63) is 102 Å². The van der Waals surface area contributed by atoms with E-state index in [9.17, 15) is 14.0 Å². The molecule has 3 aromatic carbocycles. The molecule has 1 aliphatic heterocycles. The highest BCUT2D eigenvalue weighted by molar-refractivity contribution is 6.04. The Labute approximate surface area is 201 Å². The summed E-state index contributed by atoms with van der Waals surface area (Å²) < 4.78 is 19.8. The Morgan fingerprint density at radius 2 is 1.49 bits per heavy atom. The molecule has 0 radical (unpaired) electrons. The van der Waals surface area contributed by atoms with Crippen LogP contribution >= 0.6 is 0 Å². The first-order chi connectivity index (χ1) is 17.1. The van der Waals surface area contributed by atoms with Crippen LogP contribution in [0.25, 0.3) is 11.0 Å². The second-order valence-electron chi connectivity index (χ2n) is 8.26. The van der Waals surface area contributed by atoms with E-state index >= 15 is 0 Å². The molecule has 0 bridgehead atoms. The van der Waals surface area contributed by atoms with Crippen LogP contribution in [0.1, 0.15) is 26.3 Å². The lowest BCUT2D eigenvalue weighted by Gasteiger charge is -2.35. The summed E-state index contributed by atoms with van der Waals surface area (Å²) in [5.41, 5.74) is 2.51. The number of hydrogen-bond acceptors (Lipinski definition) is 5. The van der Waals surface area contributed by atoms with Crippen molar-refractivity contribution < 1.29 is 18.7 Å². The van der Waals surface area contributed by atoms with E-state index in [1.54, 1.807) is 34.1 Å². The Hall–Kier alpha value is -4.33. The van der Waals surface area contributed by atoms with Gasteiger partial charge in [-0.25, -0.2) is 4.39 Å². The Morgan fingerprint density at radius 1 is 0.829 bits per heavy atom. The van der Waals surface area contributed by atoms with Gasteiger partial charge in [0.25, 0.3) is 11.8 Å². The van der Waals surface area contributed by atoms with E-state index < -0.39 is 5.82 Å². The quantitative estimate of drug-likeness (QED) is 0.442. The molecule has 8 heteroatoms. The molecule has 2 heterocycles. The van der Waals surface area contributed by atoms with Crippen LogP contribution in [-0.4, -0.2) is 57.8 Å². The molecule has 176 valence electrons. The lowest BCUT2D eigenvalue weighted by atomic mass is 10.1. The number of ether oxygens (including phenoxy) is 1. The van der Waals surface area contributed by atoms with E-state index in [0.29, 0.717) is 55.1 Å². The zero-order valence-corrected chi connectivity index (χ0v) is 18.9. The van der Waals surface area contributed by atoms with Gasteiger partial charge >= 0.3 is 0 Å². The first kappa shape index (κ1) is 22.5. The largest absolute Gasteiger partial charge is 0.489 e. The van der Waals surface area contributed by atoms with Crippen molar-refractivity contribution in [2.45, 2.75) is 6.61 Å². The SMILES string of the molecule is O=C(c1ccc(OCc2ccccc2)cc1)N1CCN(C(=O)c2cc(F)cc3nccnc23)CC1. The lowest BCUT2D eigenvalue weighted by molar-refractivity contribution is 0.0536. The maximum absolute atomic E-state index is 14.0. The van der Waals surface area contributed by atoms with Crippen LogP contribution in [0.15, 0.2) is 79.1 Å². The maximum atomic E-state index is 14.0. The third-order valence-electron chi connectivity index (χ3n) is 5.97. The van der Waals surface area contributed by atoms with E-state index in [0.717, 1.165) is 5.56 Å². The number of piperazine rings is 1. The molecule has 0 saturated carbocycles. The summed E-state index contributed by atoms with van der Waals surface area (Å²) in [6.45, 7) is 1.92. The summed E-state index contributed by atoms with van der Waals surface area (Å²) in [5, 5.41) is 0. The van der Waals surface area contributed by atoms with Crippen LogP contribution in [0.3, 0.4) is 0 Å². The van der Waals surface area contributed by atoms with E-state index in [1.807, 2.05) is 30.3 Å². The molecule has 5 rings (SSSR count). The maximum Gasteiger partial charge on any atom is 0.256 e. The second kappa shape index (κ2) is 9.89. The highest BCUT2D eigenvalue weighted by atomic mass is 19.1. The molecule has 0 atom stereocenters. The van der Waals surface area contributed by atoms with Crippen LogP contribution in [-0.2, 0) is 6.61 Å². The van der Waals surface area contributed by atoms with E-state index in [-0.39, 0.29) is 17.4 Å². The zero-order valence-electron chi connectivity index (χ0n) is 18.9. The molecule has 35 heavy (non-hydrogen) atoms. The standard InChI is InChI=1S/C27H23FN4O3/c28-21-16-23(25-24(17-21)29-10-11-30-25)27(34)32-14-12-31(13-15-32)26(33)20-6-8-22(9-7-20)35-18-19-4-2-1-3-5-19/h1-11,16-17H,12-15,18H2. The van der Waals surface area contributed by atoms with Gasteiger partial charge in [-0.1, -0.05) is 30.3 Å². The normalized spacial score (nSPS) is 13.6. The number of carbonyl (C=O) groups is 2. The topological polar surface area (TPSA) is 75.6 Å². The van der Waals surface area contributed by atoms with Gasteiger partial charge < -0.3 is 14.5 Å². The van der Waals surface area contributed by atoms with E-state index in [2.05, 4.69) is 9.97 Å². The van der Waals surface area contributed by atoms with Crippen molar-refractivity contribution in [2.24, 2.45) is 0 Å². The van der Waals surface area contributed by atoms with Gasteiger partial charge in [0, 0.05) is 50.2 Å². The summed E-state index contributed by atoms with van der Waals surface area (Å²) >= 11 is 0. The van der Waals surface area contributed by atoms with E-state index in [1.165, 1.54) is 24.5 Å². The van der Waals surface area contributed by atoms with E-state index in [4.69, 9.17) is 4.74 Å². The molecule has 4 aromatic rings.